The summed E-state index contributed by atoms with van der Waals surface area (Å²) in [6.07, 6.45) is 8.53. The number of aromatic nitrogens is 3. The predicted octanol–water partition coefficient (Wildman–Crippen LogP) is 6.36. The molecule has 4 aromatic rings. The quantitative estimate of drug-likeness (QED) is 0.273. The number of likely N-dealkylation sites (tertiary alicyclic amines) is 1. The summed E-state index contributed by atoms with van der Waals surface area (Å²) in [6, 6.07) is 11.9. The summed E-state index contributed by atoms with van der Waals surface area (Å²) in [7, 11) is 0. The number of carbonyl (C=O) groups is 1. The monoisotopic (exact) mass is 569 g/mol. The van der Waals surface area contributed by atoms with Gasteiger partial charge in [-0.15, -0.1) is 0 Å². The first-order chi connectivity index (χ1) is 20.3. The van der Waals surface area contributed by atoms with E-state index in [0.717, 1.165) is 47.9 Å². The van der Waals surface area contributed by atoms with Crippen LogP contribution in [0.15, 0.2) is 53.3 Å². The molecule has 2 aliphatic heterocycles. The lowest BCUT2D eigenvalue weighted by molar-refractivity contribution is 0.0184. The number of pyridine rings is 1. The number of amides is 1. The number of fused-ring (bicyclic) bond motifs is 1. The fraction of sp³-hybridized carbons (Fsp3) is 0.438. The highest BCUT2D eigenvalue weighted by atomic mass is 16.6. The molecule has 1 amide bonds. The van der Waals surface area contributed by atoms with Crippen molar-refractivity contribution in [2.45, 2.75) is 64.2 Å². The Balaban J connectivity index is 1.19. The first-order valence-electron chi connectivity index (χ1n) is 14.5. The number of hydrogen-bond donors (Lipinski definition) is 0. The lowest BCUT2D eigenvalue weighted by Crippen LogP contribution is -2.42. The molecule has 0 unspecified atom stereocenters. The molecule has 10 heteroatoms. The van der Waals surface area contributed by atoms with Gasteiger partial charge in [-0.25, -0.2) is 4.79 Å². The molecule has 218 valence electrons. The first-order valence-corrected chi connectivity index (χ1v) is 14.5. The van der Waals surface area contributed by atoms with Crippen molar-refractivity contribution in [3.05, 3.63) is 54.5 Å². The van der Waals surface area contributed by atoms with Crippen LogP contribution in [0.25, 0.3) is 33.6 Å². The Hall–Kier alpha value is -4.36. The van der Waals surface area contributed by atoms with E-state index in [4.69, 9.17) is 18.6 Å². The van der Waals surface area contributed by atoms with Crippen LogP contribution in [0.2, 0.25) is 0 Å². The van der Waals surface area contributed by atoms with Crippen molar-refractivity contribution < 1.29 is 23.4 Å². The van der Waals surface area contributed by atoms with Gasteiger partial charge in [0.15, 0.2) is 5.58 Å². The average molecular weight is 570 g/mol. The molecule has 0 aliphatic carbocycles. The number of nitrogens with zero attached hydrogens (tertiary/aromatic N) is 5. The number of ether oxygens (including phenoxy) is 3. The summed E-state index contributed by atoms with van der Waals surface area (Å²) in [5.74, 6) is 1.25. The number of rotatable bonds is 5. The van der Waals surface area contributed by atoms with E-state index in [1.165, 1.54) is 0 Å². The third-order valence-electron chi connectivity index (χ3n) is 7.66. The van der Waals surface area contributed by atoms with Gasteiger partial charge in [0.2, 0.25) is 0 Å². The van der Waals surface area contributed by atoms with Crippen molar-refractivity contribution in [3.63, 3.8) is 0 Å². The molecule has 6 rings (SSSR count). The van der Waals surface area contributed by atoms with Gasteiger partial charge >= 0.3 is 6.09 Å². The molecule has 2 fully saturated rings. The van der Waals surface area contributed by atoms with E-state index in [1.54, 1.807) is 17.3 Å². The molecule has 0 spiro atoms. The summed E-state index contributed by atoms with van der Waals surface area (Å²) in [5, 5.41) is 14.5. The average Bonchev–Trinajstić information content (AvgIpc) is 3.65. The van der Waals surface area contributed by atoms with Gasteiger partial charge in [0, 0.05) is 50.0 Å². The van der Waals surface area contributed by atoms with Crippen LogP contribution in [-0.4, -0.2) is 63.8 Å². The summed E-state index contributed by atoms with van der Waals surface area (Å²) in [5.41, 5.74) is 3.90. The van der Waals surface area contributed by atoms with E-state index in [2.05, 4.69) is 16.2 Å². The Morgan fingerprint density at radius 3 is 2.60 bits per heavy atom. The Morgan fingerprint density at radius 2 is 1.86 bits per heavy atom. The second kappa shape index (κ2) is 11.5. The van der Waals surface area contributed by atoms with Crippen molar-refractivity contribution in [1.29, 1.82) is 5.26 Å². The molecule has 5 heterocycles. The summed E-state index contributed by atoms with van der Waals surface area (Å²) >= 11 is 0. The van der Waals surface area contributed by atoms with E-state index in [-0.39, 0.29) is 18.2 Å². The van der Waals surface area contributed by atoms with E-state index >= 15 is 0 Å². The molecule has 0 saturated carbocycles. The van der Waals surface area contributed by atoms with Crippen LogP contribution >= 0.6 is 0 Å². The fourth-order valence-corrected chi connectivity index (χ4v) is 5.47. The van der Waals surface area contributed by atoms with E-state index in [9.17, 15) is 10.1 Å². The molecule has 2 aliphatic rings. The fourth-order valence-electron chi connectivity index (χ4n) is 5.47. The first kappa shape index (κ1) is 27.8. The number of benzene rings is 1. The molecule has 1 aromatic carbocycles. The van der Waals surface area contributed by atoms with Gasteiger partial charge in [-0.05, 0) is 57.4 Å². The third kappa shape index (κ3) is 5.97. The van der Waals surface area contributed by atoms with Crippen molar-refractivity contribution in [2.75, 3.05) is 26.3 Å². The molecule has 0 atom stereocenters. The van der Waals surface area contributed by atoms with E-state index in [1.807, 2.05) is 62.0 Å². The second-order valence-electron chi connectivity index (χ2n) is 11.8. The van der Waals surface area contributed by atoms with Gasteiger partial charge in [0.1, 0.15) is 34.8 Å². The summed E-state index contributed by atoms with van der Waals surface area (Å²) < 4.78 is 25.4. The number of carbonyl (C=O) groups excluding carboxylic acids is 1. The molecular formula is C32H35N5O5. The Labute approximate surface area is 244 Å². The third-order valence-corrected chi connectivity index (χ3v) is 7.66. The van der Waals surface area contributed by atoms with Gasteiger partial charge in [-0.3, -0.25) is 9.67 Å². The molecule has 10 nitrogen and oxygen atoms in total. The number of nitriles is 1. The highest BCUT2D eigenvalue weighted by molar-refractivity contribution is 5.92. The lowest BCUT2D eigenvalue weighted by Gasteiger charge is -2.33. The standard InChI is InChI=1S/C32H35N5O5/c1-32(2,3)42-31(38)36-12-7-24(8-13-36)37-20-23(19-35-37)29-17-27-30(41-29)26(6-11-34-27)21-4-5-28(22(16-21)18-33)40-25-9-14-39-15-10-25/h4-6,11,16-17,19-20,24-25H,7-10,12-15H2,1-3H3. The minimum absolute atomic E-state index is 0.0513. The van der Waals surface area contributed by atoms with Crippen LogP contribution in [0.3, 0.4) is 0 Å². The molecule has 42 heavy (non-hydrogen) atoms. The molecular weight excluding hydrogens is 534 g/mol. The minimum atomic E-state index is -0.507. The SMILES string of the molecule is CC(C)(C)OC(=O)N1CCC(n2cc(-c3cc4nccc(-c5ccc(OC6CCOCC6)c(C#N)c5)c4o3)cn2)CC1. The van der Waals surface area contributed by atoms with Crippen LogP contribution < -0.4 is 4.74 Å². The zero-order chi connectivity index (χ0) is 29.3. The van der Waals surface area contributed by atoms with Crippen molar-refractivity contribution in [2.24, 2.45) is 0 Å². The van der Waals surface area contributed by atoms with Crippen LogP contribution in [0.5, 0.6) is 5.75 Å². The van der Waals surface area contributed by atoms with Gasteiger partial charge in [0.25, 0.3) is 0 Å². The Morgan fingerprint density at radius 1 is 1.07 bits per heavy atom. The van der Waals surface area contributed by atoms with Crippen molar-refractivity contribution in [1.82, 2.24) is 19.7 Å². The predicted molar refractivity (Wildman–Crippen MR) is 156 cm³/mol. The Kier molecular flexibility index (Phi) is 7.60. The molecule has 0 bridgehead atoms. The minimum Gasteiger partial charge on any atom is -0.489 e. The van der Waals surface area contributed by atoms with Gasteiger partial charge in [0.05, 0.1) is 36.6 Å². The zero-order valence-electron chi connectivity index (χ0n) is 24.2. The zero-order valence-corrected chi connectivity index (χ0v) is 24.2. The molecule has 0 N–H and O–H groups in total. The van der Waals surface area contributed by atoms with Gasteiger partial charge in [-0.2, -0.15) is 10.4 Å². The number of piperidine rings is 1. The normalized spacial score (nSPS) is 16.9. The highest BCUT2D eigenvalue weighted by Crippen LogP contribution is 2.36. The van der Waals surface area contributed by atoms with E-state index < -0.39 is 5.60 Å². The maximum Gasteiger partial charge on any atom is 0.410 e. The smallest absolute Gasteiger partial charge is 0.410 e. The van der Waals surface area contributed by atoms with E-state index in [0.29, 0.717) is 49.0 Å². The summed E-state index contributed by atoms with van der Waals surface area (Å²) in [6.45, 7) is 8.22. The van der Waals surface area contributed by atoms with Crippen LogP contribution in [-0.2, 0) is 9.47 Å². The summed E-state index contributed by atoms with van der Waals surface area (Å²) in [4.78, 5) is 18.7. The van der Waals surface area contributed by atoms with Crippen molar-refractivity contribution >= 4 is 17.2 Å². The molecule has 0 radical (unpaired) electrons. The maximum atomic E-state index is 12.4. The second-order valence-corrected chi connectivity index (χ2v) is 11.8. The van der Waals surface area contributed by atoms with Crippen LogP contribution in [0.4, 0.5) is 4.79 Å². The maximum absolute atomic E-state index is 12.4. The van der Waals surface area contributed by atoms with Gasteiger partial charge < -0.3 is 23.5 Å². The number of hydrogen-bond acceptors (Lipinski definition) is 8. The van der Waals surface area contributed by atoms with Gasteiger partial charge in [-0.1, -0.05) is 6.07 Å². The number of furan rings is 1. The highest BCUT2D eigenvalue weighted by Gasteiger charge is 2.28. The largest absolute Gasteiger partial charge is 0.489 e. The lowest BCUT2D eigenvalue weighted by atomic mass is 10.0. The van der Waals surface area contributed by atoms with Crippen molar-refractivity contribution in [3.8, 4) is 34.3 Å². The topological polar surface area (TPSA) is 116 Å². The van der Waals surface area contributed by atoms with Crippen LogP contribution in [0.1, 0.15) is 58.1 Å². The Bertz CT molecular complexity index is 1610. The molecule has 3 aromatic heterocycles. The van der Waals surface area contributed by atoms with Crippen LogP contribution in [0, 0.1) is 11.3 Å². The molecule has 2 saturated heterocycles.